The Morgan fingerprint density at radius 1 is 1.12 bits per heavy atom. The Bertz CT molecular complexity index is 1290. The van der Waals surface area contributed by atoms with E-state index in [2.05, 4.69) is 4.98 Å². The first kappa shape index (κ1) is 21.6. The van der Waals surface area contributed by atoms with Crippen LogP contribution in [0.1, 0.15) is 16.7 Å². The van der Waals surface area contributed by atoms with E-state index in [1.54, 1.807) is 6.07 Å². The van der Waals surface area contributed by atoms with Crippen molar-refractivity contribution in [3.8, 4) is 17.0 Å². The van der Waals surface area contributed by atoms with E-state index in [4.69, 9.17) is 4.74 Å². The predicted molar refractivity (Wildman–Crippen MR) is 126 cm³/mol. The van der Waals surface area contributed by atoms with Gasteiger partial charge in [0.05, 0.1) is 29.0 Å². The first-order chi connectivity index (χ1) is 15.5. The highest BCUT2D eigenvalue weighted by molar-refractivity contribution is 7.94. The number of rotatable bonds is 8. The van der Waals surface area contributed by atoms with E-state index in [0.717, 1.165) is 22.5 Å². The van der Waals surface area contributed by atoms with Crippen LogP contribution in [0, 0.1) is 17.0 Å². The fourth-order valence-corrected chi connectivity index (χ4v) is 3.42. The maximum atomic E-state index is 12.3. The number of hydrogen-bond donors (Lipinski definition) is 0. The molecule has 0 amide bonds. The lowest BCUT2D eigenvalue weighted by Crippen LogP contribution is -2.01. The third-order valence-electron chi connectivity index (χ3n) is 4.89. The van der Waals surface area contributed by atoms with Crippen molar-refractivity contribution in [2.75, 3.05) is 12.4 Å². The third kappa shape index (κ3) is 4.97. The fraction of sp³-hybridized carbons (Fsp3) is 0.125. The van der Waals surface area contributed by atoms with Gasteiger partial charge in [-0.15, -0.1) is 0 Å². The van der Waals surface area contributed by atoms with E-state index >= 15 is 0 Å². The topological polar surface area (TPSA) is 69.7 Å². The molecule has 0 aliphatic carbocycles. The van der Waals surface area contributed by atoms with Crippen molar-refractivity contribution < 1.29 is 13.5 Å². The minimum absolute atomic E-state index is 0.0722. The lowest BCUT2D eigenvalue weighted by atomic mass is 10.1. The summed E-state index contributed by atoms with van der Waals surface area (Å²) in [6, 6.07) is 16.4. The molecule has 0 saturated carbocycles. The maximum Gasteiger partial charge on any atom is 0.273 e. The zero-order valence-corrected chi connectivity index (χ0v) is 18.1. The number of fused-ring (bicyclic) bond motifs is 1. The van der Waals surface area contributed by atoms with Gasteiger partial charge in [0, 0.05) is 41.7 Å². The summed E-state index contributed by atoms with van der Waals surface area (Å²) >= 11 is 0.165. The molecule has 4 rings (SSSR count). The summed E-state index contributed by atoms with van der Waals surface area (Å²) in [6.45, 7) is 2.16. The summed E-state index contributed by atoms with van der Waals surface area (Å²) in [5, 5.41) is 11.1. The van der Waals surface area contributed by atoms with Crippen LogP contribution < -0.4 is 4.74 Å². The number of halogens is 1. The van der Waals surface area contributed by atoms with Crippen LogP contribution in [-0.4, -0.2) is 26.7 Å². The smallest absolute Gasteiger partial charge is 0.273 e. The highest BCUT2D eigenvalue weighted by Gasteiger charge is 2.11. The SMILES string of the molecule is Cc1ccc2nc(-c3ccc(/C=C/c4ccc([N+](=O)[O-])cc4OCCSF)cc3)cn2c1. The first-order valence-electron chi connectivity index (χ1n) is 9.92. The monoisotopic (exact) mass is 449 g/mol. The van der Waals surface area contributed by atoms with E-state index in [-0.39, 0.29) is 30.2 Å². The molecular formula is C24H20FN3O3S. The molecule has 2 aromatic carbocycles. The van der Waals surface area contributed by atoms with Gasteiger partial charge in [0.2, 0.25) is 0 Å². The Morgan fingerprint density at radius 2 is 1.94 bits per heavy atom. The molecule has 0 saturated heterocycles. The van der Waals surface area contributed by atoms with Gasteiger partial charge in [-0.25, -0.2) is 4.98 Å². The van der Waals surface area contributed by atoms with Gasteiger partial charge in [-0.2, -0.15) is 3.89 Å². The van der Waals surface area contributed by atoms with Gasteiger partial charge < -0.3 is 9.14 Å². The van der Waals surface area contributed by atoms with Crippen LogP contribution in [0.4, 0.5) is 9.57 Å². The van der Waals surface area contributed by atoms with Crippen molar-refractivity contribution in [3.63, 3.8) is 0 Å². The highest BCUT2D eigenvalue weighted by Crippen LogP contribution is 2.27. The Morgan fingerprint density at radius 3 is 2.69 bits per heavy atom. The van der Waals surface area contributed by atoms with Gasteiger partial charge in [0.1, 0.15) is 11.4 Å². The average molecular weight is 450 g/mol. The second-order valence-corrected chi connectivity index (χ2v) is 7.82. The molecule has 0 bridgehead atoms. The molecular weight excluding hydrogens is 429 g/mol. The molecule has 0 aliphatic heterocycles. The predicted octanol–water partition coefficient (Wildman–Crippen LogP) is 6.38. The van der Waals surface area contributed by atoms with Crippen molar-refractivity contribution in [3.05, 3.63) is 93.8 Å². The lowest BCUT2D eigenvalue weighted by molar-refractivity contribution is -0.384. The molecule has 0 spiro atoms. The number of aryl methyl sites for hydroxylation is 1. The first-order valence-corrected chi connectivity index (χ1v) is 10.8. The average Bonchev–Trinajstić information content (AvgIpc) is 3.21. The highest BCUT2D eigenvalue weighted by atomic mass is 32.2. The number of imidazole rings is 1. The van der Waals surface area contributed by atoms with E-state index < -0.39 is 4.92 Å². The number of pyridine rings is 1. The van der Waals surface area contributed by atoms with Crippen LogP contribution in [0.25, 0.3) is 29.1 Å². The lowest BCUT2D eigenvalue weighted by Gasteiger charge is -2.08. The molecule has 0 radical (unpaired) electrons. The van der Waals surface area contributed by atoms with Crippen LogP contribution >= 0.6 is 12.1 Å². The molecule has 8 heteroatoms. The van der Waals surface area contributed by atoms with E-state index in [0.29, 0.717) is 11.3 Å². The zero-order valence-electron chi connectivity index (χ0n) is 17.3. The van der Waals surface area contributed by atoms with Crippen LogP contribution in [0.3, 0.4) is 0 Å². The van der Waals surface area contributed by atoms with Gasteiger partial charge >= 0.3 is 0 Å². The summed E-state index contributed by atoms with van der Waals surface area (Å²) in [4.78, 5) is 15.2. The van der Waals surface area contributed by atoms with Gasteiger partial charge in [-0.05, 0) is 30.2 Å². The number of nitro benzene ring substituents is 1. The molecule has 0 atom stereocenters. The standard InChI is InChI=1S/C24H20FN3O3S/c1-17-2-11-24-26-22(16-27(24)15-17)19-6-3-18(4-7-19)5-8-20-9-10-21(28(29)30)14-23(20)31-12-13-32-25/h2-11,14-16H,12-13H2,1H3/b8-5+. The third-order valence-corrected chi connectivity index (χ3v) is 5.21. The van der Waals surface area contributed by atoms with Crippen LogP contribution in [0.2, 0.25) is 0 Å². The Kier molecular flexibility index (Phi) is 6.51. The number of aromatic nitrogens is 2. The number of non-ortho nitro benzene ring substituents is 1. The Labute approximate surface area is 188 Å². The normalized spacial score (nSPS) is 11.3. The van der Waals surface area contributed by atoms with Crippen LogP contribution in [0.15, 0.2) is 67.0 Å². The van der Waals surface area contributed by atoms with E-state index in [9.17, 15) is 14.0 Å². The minimum Gasteiger partial charge on any atom is -0.492 e. The molecule has 4 aromatic rings. The zero-order chi connectivity index (χ0) is 22.5. The summed E-state index contributed by atoms with van der Waals surface area (Å²) < 4.78 is 19.9. The summed E-state index contributed by atoms with van der Waals surface area (Å²) in [5.74, 6) is 0.497. The van der Waals surface area contributed by atoms with Crippen molar-refractivity contribution in [2.45, 2.75) is 6.92 Å². The Hall–Kier alpha value is -3.65. The molecule has 2 aromatic heterocycles. The molecule has 6 nitrogen and oxygen atoms in total. The number of hydrogen-bond acceptors (Lipinski definition) is 5. The van der Waals surface area contributed by atoms with Crippen molar-refractivity contribution >= 4 is 35.6 Å². The summed E-state index contributed by atoms with van der Waals surface area (Å²) in [7, 11) is 0. The molecule has 0 N–H and O–H groups in total. The Balaban J connectivity index is 1.54. The van der Waals surface area contributed by atoms with Gasteiger partial charge in [-0.1, -0.05) is 42.5 Å². The quantitative estimate of drug-likeness (QED) is 0.135. The summed E-state index contributed by atoms with van der Waals surface area (Å²) in [5.41, 5.74) is 5.52. The molecule has 162 valence electrons. The fourth-order valence-electron chi connectivity index (χ4n) is 3.28. The van der Waals surface area contributed by atoms with E-state index in [1.807, 2.05) is 72.3 Å². The van der Waals surface area contributed by atoms with Gasteiger partial charge in [0.25, 0.3) is 5.69 Å². The van der Waals surface area contributed by atoms with Crippen LogP contribution in [-0.2, 0) is 0 Å². The molecule has 0 unspecified atom stereocenters. The number of ether oxygens (including phenoxy) is 1. The number of nitro groups is 1. The maximum absolute atomic E-state index is 12.3. The molecule has 0 fully saturated rings. The minimum atomic E-state index is -0.483. The molecule has 2 heterocycles. The summed E-state index contributed by atoms with van der Waals surface area (Å²) in [6.07, 6.45) is 7.77. The largest absolute Gasteiger partial charge is 0.492 e. The number of nitrogens with zero attached hydrogens (tertiary/aromatic N) is 3. The van der Waals surface area contributed by atoms with Crippen molar-refractivity contribution in [1.82, 2.24) is 9.38 Å². The van der Waals surface area contributed by atoms with Crippen molar-refractivity contribution in [2.24, 2.45) is 0 Å². The second kappa shape index (κ2) is 9.65. The molecule has 0 aliphatic rings. The second-order valence-electron chi connectivity index (χ2n) is 7.19. The van der Waals surface area contributed by atoms with Crippen LogP contribution in [0.5, 0.6) is 5.75 Å². The van der Waals surface area contributed by atoms with Crippen molar-refractivity contribution in [1.29, 1.82) is 0 Å². The molecule has 32 heavy (non-hydrogen) atoms. The number of benzene rings is 2. The van der Waals surface area contributed by atoms with Gasteiger partial charge in [-0.3, -0.25) is 10.1 Å². The van der Waals surface area contributed by atoms with Gasteiger partial charge in [0.15, 0.2) is 0 Å². The van der Waals surface area contributed by atoms with E-state index in [1.165, 1.54) is 17.7 Å².